The van der Waals surface area contributed by atoms with Crippen molar-refractivity contribution < 1.29 is 34.1 Å². The first-order chi connectivity index (χ1) is 22.6. The highest BCUT2D eigenvalue weighted by molar-refractivity contribution is 5.80. The number of ether oxygens (including phenoxy) is 2. The number of amides is 1. The topological polar surface area (TPSA) is 190 Å². The van der Waals surface area contributed by atoms with E-state index in [1.807, 2.05) is 0 Å². The lowest BCUT2D eigenvalue weighted by atomic mass is 9.92. The van der Waals surface area contributed by atoms with Gasteiger partial charge in [0.15, 0.2) is 12.5 Å². The number of aliphatic hydroxyl groups excluding tert-OH is 2. The van der Waals surface area contributed by atoms with E-state index in [-0.39, 0.29) is 13.0 Å². The van der Waals surface area contributed by atoms with Crippen LogP contribution in [-0.2, 0) is 23.9 Å². The minimum atomic E-state index is -1.59. The van der Waals surface area contributed by atoms with Gasteiger partial charge in [-0.3, -0.25) is 28.8 Å². The Morgan fingerprint density at radius 1 is 0.915 bits per heavy atom. The molecule has 3 heterocycles. The summed E-state index contributed by atoms with van der Waals surface area (Å²) in [6, 6.07) is 1.09. The summed E-state index contributed by atoms with van der Waals surface area (Å²) >= 11 is 0. The molecule has 1 aromatic heterocycles. The van der Waals surface area contributed by atoms with Gasteiger partial charge in [0.25, 0.3) is 5.56 Å². The van der Waals surface area contributed by atoms with E-state index in [0.717, 1.165) is 36.1 Å². The molecule has 0 aliphatic carbocycles. The molecule has 0 bridgehead atoms. The fourth-order valence-electron chi connectivity index (χ4n) is 6.30. The Bertz CT molecular complexity index is 1210. The van der Waals surface area contributed by atoms with Gasteiger partial charge in [0.2, 0.25) is 5.91 Å². The van der Waals surface area contributed by atoms with Gasteiger partial charge in [-0.1, -0.05) is 84.0 Å². The van der Waals surface area contributed by atoms with Crippen molar-refractivity contribution in [2.45, 2.75) is 140 Å². The van der Waals surface area contributed by atoms with Gasteiger partial charge < -0.3 is 30.3 Å². The molecular formula is C33H57N5O9. The average Bonchev–Trinajstić information content (AvgIpc) is 3.53. The Balaban J connectivity index is 1.59. The van der Waals surface area contributed by atoms with Crippen molar-refractivity contribution in [3.8, 4) is 0 Å². The molecule has 2 fully saturated rings. The van der Waals surface area contributed by atoms with Crippen LogP contribution >= 0.6 is 0 Å². The van der Waals surface area contributed by atoms with Gasteiger partial charge in [-0.2, -0.15) is 0 Å². The maximum atomic E-state index is 13.5. The summed E-state index contributed by atoms with van der Waals surface area (Å²) in [7, 11) is 3.11. The van der Waals surface area contributed by atoms with Crippen LogP contribution in [0.3, 0.4) is 0 Å². The first-order valence-corrected chi connectivity index (χ1v) is 17.5. The lowest BCUT2D eigenvalue weighted by molar-refractivity contribution is -0.232. The third-order valence-electron chi connectivity index (χ3n) is 8.97. The van der Waals surface area contributed by atoms with Crippen LogP contribution in [0.4, 0.5) is 0 Å². The fraction of sp³-hybridized carbons (Fsp3) is 0.818. The number of nitrogens with two attached hydrogens (primary N) is 1. The van der Waals surface area contributed by atoms with Crippen molar-refractivity contribution in [1.29, 1.82) is 0 Å². The molecule has 14 heteroatoms. The van der Waals surface area contributed by atoms with Gasteiger partial charge >= 0.3 is 11.7 Å². The summed E-state index contributed by atoms with van der Waals surface area (Å²) in [6.45, 7) is 2.78. The molecule has 47 heavy (non-hydrogen) atoms. The van der Waals surface area contributed by atoms with Crippen LogP contribution in [0.15, 0.2) is 21.9 Å². The Labute approximate surface area is 277 Å². The van der Waals surface area contributed by atoms with Crippen LogP contribution in [-0.4, -0.2) is 99.4 Å². The van der Waals surface area contributed by atoms with Crippen molar-refractivity contribution >= 4 is 11.9 Å². The van der Waals surface area contributed by atoms with Crippen molar-refractivity contribution in [3.05, 3.63) is 33.1 Å². The van der Waals surface area contributed by atoms with Gasteiger partial charge in [0.1, 0.15) is 30.3 Å². The molecule has 0 unspecified atom stereocenters. The van der Waals surface area contributed by atoms with E-state index in [1.165, 1.54) is 67.8 Å². The molecule has 14 nitrogen and oxygen atoms in total. The van der Waals surface area contributed by atoms with Gasteiger partial charge in [0, 0.05) is 39.3 Å². The highest BCUT2D eigenvalue weighted by atomic mass is 16.7. The summed E-state index contributed by atoms with van der Waals surface area (Å²) in [6.07, 6.45) is 9.09. The third-order valence-corrected chi connectivity index (χ3v) is 8.97. The first-order valence-electron chi connectivity index (χ1n) is 17.5. The molecule has 2 aliphatic heterocycles. The summed E-state index contributed by atoms with van der Waals surface area (Å²) in [5, 5.41) is 23.3. The predicted molar refractivity (Wildman–Crippen MR) is 175 cm³/mol. The molecule has 0 saturated carbocycles. The minimum Gasteiger partial charge on any atom is -0.443 e. The lowest BCUT2D eigenvalue weighted by Gasteiger charge is -2.28. The number of nitrogens with one attached hydrogen (secondary N) is 1. The quantitative estimate of drug-likeness (QED) is 0.111. The number of carbonyl (C=O) groups excluding carboxylic acids is 2. The molecule has 7 atom stereocenters. The number of aromatic nitrogens is 2. The Morgan fingerprint density at radius 3 is 2.06 bits per heavy atom. The molecule has 3 rings (SSSR count). The SMILES string of the molecule is CCCCCCCCCCCCCCCC(=O)O[C@@H]1[C@H](C(=O)N(C)C)[C@H]([C@H]2O[C@@H](n3ccc(=O)[nH]c3=O)[C@H](O)[C@@H]2O)ON1CCCN. The zero-order chi connectivity index (χ0) is 34.3. The van der Waals surface area contributed by atoms with Crippen LogP contribution in [0.1, 0.15) is 109 Å². The highest BCUT2D eigenvalue weighted by Crippen LogP contribution is 2.40. The first kappa shape index (κ1) is 38.8. The average molecular weight is 668 g/mol. The maximum Gasteiger partial charge on any atom is 0.330 e. The summed E-state index contributed by atoms with van der Waals surface area (Å²) in [4.78, 5) is 60.1. The second kappa shape index (κ2) is 20.0. The minimum absolute atomic E-state index is 0.186. The molecule has 1 aromatic rings. The van der Waals surface area contributed by atoms with Crippen molar-refractivity contribution in [2.75, 3.05) is 27.2 Å². The summed E-state index contributed by atoms with van der Waals surface area (Å²) in [5.74, 6) is -2.02. The molecule has 1 amide bonds. The molecule has 2 saturated heterocycles. The Kier molecular flexibility index (Phi) is 16.5. The van der Waals surface area contributed by atoms with E-state index >= 15 is 0 Å². The second-order valence-electron chi connectivity index (χ2n) is 13.0. The molecular weight excluding hydrogens is 610 g/mol. The van der Waals surface area contributed by atoms with Crippen LogP contribution in [0, 0.1) is 5.92 Å². The Morgan fingerprint density at radius 2 is 1.51 bits per heavy atom. The second-order valence-corrected chi connectivity index (χ2v) is 13.0. The third kappa shape index (κ3) is 11.2. The van der Waals surface area contributed by atoms with Crippen molar-refractivity contribution in [2.24, 2.45) is 11.7 Å². The number of carbonyl (C=O) groups is 2. The zero-order valence-corrected chi connectivity index (χ0v) is 28.4. The number of rotatable bonds is 21. The monoisotopic (exact) mass is 667 g/mol. The van der Waals surface area contributed by atoms with Gasteiger partial charge in [-0.05, 0) is 19.4 Å². The number of unbranched alkanes of at least 4 members (excludes halogenated alkanes) is 12. The normalized spacial score (nSPS) is 26.1. The van der Waals surface area contributed by atoms with Crippen LogP contribution < -0.4 is 17.0 Å². The number of nitrogens with zero attached hydrogens (tertiary/aromatic N) is 3. The van der Waals surface area contributed by atoms with Gasteiger partial charge in [-0.15, -0.1) is 5.06 Å². The van der Waals surface area contributed by atoms with E-state index in [2.05, 4.69) is 11.9 Å². The number of aliphatic hydroxyl groups is 2. The number of hydroxylamine groups is 2. The van der Waals surface area contributed by atoms with E-state index < -0.39 is 65.9 Å². The standard InChI is InChI=1S/C33H57N5O9/c1-4-5-6-7-8-9-10-11-12-13-14-15-16-18-24(40)45-31-25(30(43)36(2)3)28(47-38(31)21-17-20-34)29-26(41)27(42)32(46-29)37-22-19-23(39)35-33(37)44/h19,22,25-29,31-32,41-42H,4-18,20-21,34H2,1-3H3,(H,35,39,44)/t25-,26-,27+,28+,29-,31+,32+/m0/s1. The van der Waals surface area contributed by atoms with Crippen molar-refractivity contribution in [1.82, 2.24) is 19.5 Å². The molecule has 2 aliphatic rings. The maximum absolute atomic E-state index is 13.5. The summed E-state index contributed by atoms with van der Waals surface area (Å²) in [5.41, 5.74) is 4.27. The van der Waals surface area contributed by atoms with E-state index in [4.69, 9.17) is 20.0 Å². The van der Waals surface area contributed by atoms with Crippen LogP contribution in [0.5, 0.6) is 0 Å². The van der Waals surface area contributed by atoms with Crippen LogP contribution in [0.2, 0.25) is 0 Å². The number of hydrogen-bond donors (Lipinski definition) is 4. The summed E-state index contributed by atoms with van der Waals surface area (Å²) < 4.78 is 12.8. The van der Waals surface area contributed by atoms with Gasteiger partial charge in [-0.25, -0.2) is 4.79 Å². The smallest absolute Gasteiger partial charge is 0.330 e. The highest BCUT2D eigenvalue weighted by Gasteiger charge is 2.59. The molecule has 0 aromatic carbocycles. The molecule has 0 spiro atoms. The largest absolute Gasteiger partial charge is 0.443 e. The zero-order valence-electron chi connectivity index (χ0n) is 28.4. The Hall–Kier alpha value is -2.62. The van der Waals surface area contributed by atoms with E-state index in [1.54, 1.807) is 14.1 Å². The van der Waals surface area contributed by atoms with E-state index in [9.17, 15) is 29.4 Å². The number of H-pyrrole nitrogens is 1. The van der Waals surface area contributed by atoms with Crippen molar-refractivity contribution in [3.63, 3.8) is 0 Å². The molecule has 5 N–H and O–H groups in total. The predicted octanol–water partition coefficient (Wildman–Crippen LogP) is 2.18. The number of aromatic amines is 1. The fourth-order valence-corrected chi connectivity index (χ4v) is 6.30. The van der Waals surface area contributed by atoms with E-state index in [0.29, 0.717) is 19.4 Å². The lowest BCUT2D eigenvalue weighted by Crippen LogP contribution is -2.49. The van der Waals surface area contributed by atoms with Gasteiger partial charge in [0.05, 0.1) is 0 Å². The number of esters is 1. The number of hydrogen-bond acceptors (Lipinski definition) is 11. The molecule has 0 radical (unpaired) electrons. The van der Waals surface area contributed by atoms with Crippen LogP contribution in [0.25, 0.3) is 0 Å². The molecule has 268 valence electrons.